The Bertz CT molecular complexity index is 793. The Morgan fingerprint density at radius 3 is 2.62 bits per heavy atom. The van der Waals surface area contributed by atoms with Gasteiger partial charge in [0.15, 0.2) is 0 Å². The molecule has 124 valence electrons. The van der Waals surface area contributed by atoms with Gasteiger partial charge < -0.3 is 16.0 Å². The van der Waals surface area contributed by atoms with Gasteiger partial charge in [-0.15, -0.1) is 0 Å². The molecule has 1 heterocycles. The van der Waals surface area contributed by atoms with Crippen LogP contribution >= 0.6 is 0 Å². The van der Waals surface area contributed by atoms with Crippen LogP contribution in [-0.2, 0) is 11.2 Å². The standard InChI is InChI=1S/C19H21N3O2/c1-19(2,20)18(24)21-15-8-5-7-14(12-15)17(23)22-11-10-13-6-3-4-9-16(13)22/h3-9,12H,10-11,20H2,1-2H3,(H,21,24). The summed E-state index contributed by atoms with van der Waals surface area (Å²) in [4.78, 5) is 26.6. The topological polar surface area (TPSA) is 75.4 Å². The van der Waals surface area contributed by atoms with E-state index >= 15 is 0 Å². The lowest BCUT2D eigenvalue weighted by molar-refractivity contribution is -0.120. The van der Waals surface area contributed by atoms with Crippen molar-refractivity contribution in [1.82, 2.24) is 0 Å². The largest absolute Gasteiger partial charge is 0.324 e. The molecule has 0 aliphatic carbocycles. The van der Waals surface area contributed by atoms with Gasteiger partial charge in [-0.1, -0.05) is 24.3 Å². The molecule has 3 N–H and O–H groups in total. The molecule has 5 nitrogen and oxygen atoms in total. The summed E-state index contributed by atoms with van der Waals surface area (Å²) >= 11 is 0. The average Bonchev–Trinajstić information content (AvgIpc) is 2.97. The maximum absolute atomic E-state index is 12.8. The monoisotopic (exact) mass is 323 g/mol. The van der Waals surface area contributed by atoms with Gasteiger partial charge in [0.05, 0.1) is 5.54 Å². The summed E-state index contributed by atoms with van der Waals surface area (Å²) in [5.41, 5.74) is 8.06. The number of carbonyl (C=O) groups excluding carboxylic acids is 2. The van der Waals surface area contributed by atoms with Gasteiger partial charge in [-0.25, -0.2) is 0 Å². The first-order chi connectivity index (χ1) is 11.4. The predicted octanol–water partition coefficient (Wildman–Crippen LogP) is 2.57. The van der Waals surface area contributed by atoms with E-state index in [9.17, 15) is 9.59 Å². The molecule has 0 saturated carbocycles. The van der Waals surface area contributed by atoms with Crippen molar-refractivity contribution in [3.8, 4) is 0 Å². The molecule has 0 atom stereocenters. The minimum atomic E-state index is -0.978. The molecule has 0 saturated heterocycles. The van der Waals surface area contributed by atoms with Crippen molar-refractivity contribution in [2.45, 2.75) is 25.8 Å². The number of nitrogens with zero attached hydrogens (tertiary/aromatic N) is 1. The number of fused-ring (bicyclic) bond motifs is 1. The van der Waals surface area contributed by atoms with Crippen molar-refractivity contribution in [3.05, 3.63) is 59.7 Å². The summed E-state index contributed by atoms with van der Waals surface area (Å²) in [6.07, 6.45) is 0.861. The fraction of sp³-hybridized carbons (Fsp3) is 0.263. The minimum Gasteiger partial charge on any atom is -0.324 e. The average molecular weight is 323 g/mol. The number of nitrogens with two attached hydrogens (primary N) is 1. The van der Waals surface area contributed by atoms with Gasteiger partial charge in [-0.05, 0) is 50.1 Å². The molecule has 0 radical (unpaired) electrons. The SMILES string of the molecule is CC(C)(N)C(=O)Nc1cccc(C(=O)N2CCc3ccccc32)c1. The number of carbonyl (C=O) groups is 2. The maximum atomic E-state index is 12.8. The molecule has 1 aliphatic rings. The van der Waals surface area contributed by atoms with E-state index in [1.54, 1.807) is 43.0 Å². The lowest BCUT2D eigenvalue weighted by atomic mass is 10.1. The molecule has 0 spiro atoms. The number of anilines is 2. The molecule has 2 aromatic carbocycles. The van der Waals surface area contributed by atoms with E-state index in [4.69, 9.17) is 5.73 Å². The summed E-state index contributed by atoms with van der Waals surface area (Å²) in [7, 11) is 0. The number of rotatable bonds is 3. The number of para-hydroxylation sites is 1. The zero-order valence-electron chi connectivity index (χ0n) is 13.9. The van der Waals surface area contributed by atoms with Crippen LogP contribution in [0.1, 0.15) is 29.8 Å². The number of nitrogens with one attached hydrogen (secondary N) is 1. The molecule has 0 bridgehead atoms. The van der Waals surface area contributed by atoms with Crippen molar-refractivity contribution in [3.63, 3.8) is 0 Å². The van der Waals surface area contributed by atoms with Gasteiger partial charge >= 0.3 is 0 Å². The molecule has 2 aromatic rings. The number of hydrogen-bond acceptors (Lipinski definition) is 3. The molecule has 0 aromatic heterocycles. The first kappa shape index (κ1) is 16.2. The number of amides is 2. The second-order valence-corrected chi connectivity index (χ2v) is 6.59. The molecule has 2 amide bonds. The minimum absolute atomic E-state index is 0.0666. The summed E-state index contributed by atoms with van der Waals surface area (Å²) in [6.45, 7) is 3.95. The van der Waals surface area contributed by atoms with Crippen LogP contribution in [0, 0.1) is 0 Å². The molecule has 5 heteroatoms. The Balaban J connectivity index is 1.82. The van der Waals surface area contributed by atoms with E-state index in [0.717, 1.165) is 12.1 Å². The highest BCUT2D eigenvalue weighted by molar-refractivity contribution is 6.08. The fourth-order valence-electron chi connectivity index (χ4n) is 2.73. The van der Waals surface area contributed by atoms with E-state index in [-0.39, 0.29) is 11.8 Å². The van der Waals surface area contributed by atoms with Crippen LogP contribution in [0.25, 0.3) is 0 Å². The fourth-order valence-corrected chi connectivity index (χ4v) is 2.73. The molecule has 3 rings (SSSR count). The Kier molecular flexibility index (Phi) is 4.11. The van der Waals surface area contributed by atoms with Gasteiger partial charge in [0.2, 0.25) is 5.91 Å². The van der Waals surface area contributed by atoms with Crippen LogP contribution in [0.4, 0.5) is 11.4 Å². The number of benzene rings is 2. The zero-order chi connectivity index (χ0) is 17.3. The molecular formula is C19H21N3O2. The van der Waals surface area contributed by atoms with E-state index in [0.29, 0.717) is 17.8 Å². The van der Waals surface area contributed by atoms with E-state index in [1.807, 2.05) is 24.3 Å². The second kappa shape index (κ2) is 6.09. The summed E-state index contributed by atoms with van der Waals surface area (Å²) in [5.74, 6) is -0.360. The normalized spacial score (nSPS) is 13.5. The van der Waals surface area contributed by atoms with Gasteiger partial charge in [0.25, 0.3) is 5.91 Å². The lowest BCUT2D eigenvalue weighted by Crippen LogP contribution is -2.45. The Morgan fingerprint density at radius 1 is 1.12 bits per heavy atom. The predicted molar refractivity (Wildman–Crippen MR) is 95.2 cm³/mol. The molecule has 1 aliphatic heterocycles. The highest BCUT2D eigenvalue weighted by Crippen LogP contribution is 2.29. The molecular weight excluding hydrogens is 302 g/mol. The zero-order valence-corrected chi connectivity index (χ0v) is 13.9. The van der Waals surface area contributed by atoms with Crippen molar-refractivity contribution < 1.29 is 9.59 Å². The molecule has 24 heavy (non-hydrogen) atoms. The van der Waals surface area contributed by atoms with Gasteiger partial charge in [0, 0.05) is 23.5 Å². The van der Waals surface area contributed by atoms with Crippen molar-refractivity contribution in [2.24, 2.45) is 5.73 Å². The second-order valence-electron chi connectivity index (χ2n) is 6.59. The van der Waals surface area contributed by atoms with E-state index < -0.39 is 5.54 Å². The first-order valence-corrected chi connectivity index (χ1v) is 7.96. The van der Waals surface area contributed by atoms with Crippen LogP contribution in [0.5, 0.6) is 0 Å². The van der Waals surface area contributed by atoms with Crippen LogP contribution in [0.2, 0.25) is 0 Å². The van der Waals surface area contributed by atoms with E-state index in [1.165, 1.54) is 5.56 Å². The lowest BCUT2D eigenvalue weighted by Gasteiger charge is -2.19. The third-order valence-corrected chi connectivity index (χ3v) is 4.08. The van der Waals surface area contributed by atoms with Crippen molar-refractivity contribution >= 4 is 23.2 Å². The van der Waals surface area contributed by atoms with Crippen LogP contribution < -0.4 is 16.0 Å². The maximum Gasteiger partial charge on any atom is 0.258 e. The smallest absolute Gasteiger partial charge is 0.258 e. The highest BCUT2D eigenvalue weighted by atomic mass is 16.2. The van der Waals surface area contributed by atoms with Crippen LogP contribution in [0.3, 0.4) is 0 Å². The van der Waals surface area contributed by atoms with E-state index in [2.05, 4.69) is 5.32 Å². The van der Waals surface area contributed by atoms with Crippen LogP contribution in [0.15, 0.2) is 48.5 Å². The quantitative estimate of drug-likeness (QED) is 0.911. The van der Waals surface area contributed by atoms with Gasteiger partial charge in [-0.2, -0.15) is 0 Å². The molecule has 0 fully saturated rings. The first-order valence-electron chi connectivity index (χ1n) is 7.96. The molecule has 0 unspecified atom stereocenters. The third-order valence-electron chi connectivity index (χ3n) is 4.08. The summed E-state index contributed by atoms with van der Waals surface area (Å²) in [5, 5.41) is 2.75. The highest BCUT2D eigenvalue weighted by Gasteiger charge is 2.26. The number of hydrogen-bond donors (Lipinski definition) is 2. The van der Waals surface area contributed by atoms with Gasteiger partial charge in [-0.3, -0.25) is 9.59 Å². The van der Waals surface area contributed by atoms with Crippen molar-refractivity contribution in [2.75, 3.05) is 16.8 Å². The Labute approximate surface area is 141 Å². The van der Waals surface area contributed by atoms with Crippen molar-refractivity contribution in [1.29, 1.82) is 0 Å². The summed E-state index contributed by atoms with van der Waals surface area (Å²) < 4.78 is 0. The van der Waals surface area contributed by atoms with Gasteiger partial charge in [0.1, 0.15) is 0 Å². The summed E-state index contributed by atoms with van der Waals surface area (Å²) in [6, 6.07) is 14.9. The van der Waals surface area contributed by atoms with Crippen LogP contribution in [-0.4, -0.2) is 23.9 Å². The Hall–Kier alpha value is -2.66. The Morgan fingerprint density at radius 2 is 1.88 bits per heavy atom. The third kappa shape index (κ3) is 3.16.